The monoisotopic (exact) mass is 271 g/mol. The minimum atomic E-state index is -0.212. The lowest BCUT2D eigenvalue weighted by Crippen LogP contribution is -2.12. The highest BCUT2D eigenvalue weighted by molar-refractivity contribution is 5.88. The van der Waals surface area contributed by atoms with Crippen molar-refractivity contribution in [3.63, 3.8) is 0 Å². The molecule has 0 saturated heterocycles. The van der Waals surface area contributed by atoms with Gasteiger partial charge in [-0.3, -0.25) is 9.89 Å². The van der Waals surface area contributed by atoms with Crippen LogP contribution in [0.5, 0.6) is 0 Å². The van der Waals surface area contributed by atoms with Crippen LogP contribution in [0.3, 0.4) is 0 Å². The maximum absolute atomic E-state index is 11.7. The molecule has 1 unspecified atom stereocenters. The van der Waals surface area contributed by atoms with E-state index in [-0.39, 0.29) is 11.6 Å². The Morgan fingerprint density at radius 2 is 2.20 bits per heavy atom. The van der Waals surface area contributed by atoms with Gasteiger partial charge in [0.15, 0.2) is 0 Å². The van der Waals surface area contributed by atoms with Crippen molar-refractivity contribution in [1.82, 2.24) is 25.1 Å². The first-order valence-corrected chi connectivity index (χ1v) is 6.04. The lowest BCUT2D eigenvalue weighted by molar-refractivity contribution is 0.796. The summed E-state index contributed by atoms with van der Waals surface area (Å²) < 4.78 is 0. The number of nitrogens with zero attached hydrogens (tertiary/aromatic N) is 3. The number of aromatic amines is 2. The number of anilines is 2. The number of H-pyrrole nitrogens is 2. The third-order valence-corrected chi connectivity index (χ3v) is 3.03. The number of nitrogens with two attached hydrogens (primary N) is 1. The molecule has 2 aromatic heterocycles. The summed E-state index contributed by atoms with van der Waals surface area (Å²) in [6, 6.07) is 3.25. The summed E-state index contributed by atoms with van der Waals surface area (Å²) in [6.07, 6.45) is 2.81. The average molecular weight is 271 g/mol. The zero-order valence-electron chi connectivity index (χ0n) is 10.7. The molecule has 3 aromatic rings. The van der Waals surface area contributed by atoms with Crippen molar-refractivity contribution in [2.45, 2.75) is 13.0 Å². The lowest BCUT2D eigenvalue weighted by Gasteiger charge is -2.15. The van der Waals surface area contributed by atoms with Crippen LogP contribution in [0.25, 0.3) is 10.9 Å². The standard InChI is InChI=1S/C12H13N7O/c1-6(11-15-5-17-19-11)18-10-3-9-7(2-8(10)13)12(20)16-4-14-9/h2-6,18H,13H2,1H3,(H,14,16,20)(H,15,17,19). The second kappa shape index (κ2) is 4.65. The molecule has 3 rings (SSSR count). The number of nitrogens with one attached hydrogen (secondary N) is 3. The number of nitrogen functional groups attached to an aromatic ring is 1. The van der Waals surface area contributed by atoms with Gasteiger partial charge in [0.2, 0.25) is 0 Å². The van der Waals surface area contributed by atoms with E-state index in [1.807, 2.05) is 6.92 Å². The second-order valence-electron chi connectivity index (χ2n) is 4.43. The van der Waals surface area contributed by atoms with Gasteiger partial charge in [0.1, 0.15) is 12.2 Å². The van der Waals surface area contributed by atoms with Crippen LogP contribution in [-0.2, 0) is 0 Å². The third-order valence-electron chi connectivity index (χ3n) is 3.03. The van der Waals surface area contributed by atoms with Crippen LogP contribution in [0.15, 0.2) is 29.6 Å². The number of aromatic nitrogens is 5. The molecule has 0 aliphatic rings. The van der Waals surface area contributed by atoms with E-state index < -0.39 is 0 Å². The molecule has 102 valence electrons. The van der Waals surface area contributed by atoms with E-state index in [0.29, 0.717) is 28.1 Å². The quantitative estimate of drug-likeness (QED) is 0.522. The van der Waals surface area contributed by atoms with Gasteiger partial charge in [-0.05, 0) is 19.1 Å². The van der Waals surface area contributed by atoms with Crippen molar-refractivity contribution in [2.24, 2.45) is 0 Å². The number of hydrogen-bond acceptors (Lipinski definition) is 6. The topological polar surface area (TPSA) is 125 Å². The first-order chi connectivity index (χ1) is 9.65. The van der Waals surface area contributed by atoms with Crippen LogP contribution in [0.2, 0.25) is 0 Å². The van der Waals surface area contributed by atoms with Crippen LogP contribution < -0.4 is 16.6 Å². The largest absolute Gasteiger partial charge is 0.397 e. The molecule has 1 atom stereocenters. The SMILES string of the molecule is CC(Nc1cc2nc[nH]c(=O)c2cc1N)c1ncn[nH]1. The van der Waals surface area contributed by atoms with Gasteiger partial charge in [0, 0.05) is 0 Å². The first kappa shape index (κ1) is 12.2. The van der Waals surface area contributed by atoms with Crippen molar-refractivity contribution < 1.29 is 0 Å². The molecule has 8 heteroatoms. The summed E-state index contributed by atoms with van der Waals surface area (Å²) in [5, 5.41) is 10.3. The molecule has 0 aliphatic carbocycles. The smallest absolute Gasteiger partial charge is 0.258 e. The maximum atomic E-state index is 11.7. The molecule has 0 aliphatic heterocycles. The van der Waals surface area contributed by atoms with E-state index in [0.717, 1.165) is 0 Å². The lowest BCUT2D eigenvalue weighted by atomic mass is 10.1. The van der Waals surface area contributed by atoms with Gasteiger partial charge in [-0.25, -0.2) is 9.97 Å². The minimum Gasteiger partial charge on any atom is -0.397 e. The number of rotatable bonds is 3. The fourth-order valence-corrected chi connectivity index (χ4v) is 1.98. The summed E-state index contributed by atoms with van der Waals surface area (Å²) in [5.41, 5.74) is 7.50. The normalized spacial score (nSPS) is 12.4. The Labute approximate surface area is 113 Å². The van der Waals surface area contributed by atoms with Crippen LogP contribution in [0.4, 0.5) is 11.4 Å². The van der Waals surface area contributed by atoms with Gasteiger partial charge in [-0.15, -0.1) is 0 Å². The Hall–Kier alpha value is -2.90. The third kappa shape index (κ3) is 2.07. The van der Waals surface area contributed by atoms with Gasteiger partial charge in [-0.1, -0.05) is 0 Å². The zero-order valence-corrected chi connectivity index (χ0v) is 10.7. The first-order valence-electron chi connectivity index (χ1n) is 6.04. The van der Waals surface area contributed by atoms with Crippen molar-refractivity contribution in [1.29, 1.82) is 0 Å². The van der Waals surface area contributed by atoms with Crippen molar-refractivity contribution in [3.8, 4) is 0 Å². The summed E-state index contributed by atoms with van der Waals surface area (Å²) in [5.74, 6) is 0.698. The second-order valence-corrected chi connectivity index (χ2v) is 4.43. The molecule has 0 spiro atoms. The molecule has 8 nitrogen and oxygen atoms in total. The molecule has 20 heavy (non-hydrogen) atoms. The van der Waals surface area contributed by atoms with Gasteiger partial charge in [-0.2, -0.15) is 5.10 Å². The highest BCUT2D eigenvalue weighted by Gasteiger charge is 2.11. The fraction of sp³-hybridized carbons (Fsp3) is 0.167. The van der Waals surface area contributed by atoms with E-state index in [1.165, 1.54) is 12.7 Å². The van der Waals surface area contributed by atoms with Crippen LogP contribution >= 0.6 is 0 Å². The van der Waals surface area contributed by atoms with Gasteiger partial charge in [0.25, 0.3) is 5.56 Å². The molecule has 2 heterocycles. The number of hydrogen-bond donors (Lipinski definition) is 4. The molecule has 0 fully saturated rings. The van der Waals surface area contributed by atoms with Crippen LogP contribution in [0, 0.1) is 0 Å². The Morgan fingerprint density at radius 3 is 2.95 bits per heavy atom. The van der Waals surface area contributed by atoms with E-state index in [4.69, 9.17) is 5.73 Å². The summed E-state index contributed by atoms with van der Waals surface area (Å²) in [6.45, 7) is 1.93. The molecule has 0 amide bonds. The van der Waals surface area contributed by atoms with Crippen molar-refractivity contribution in [2.75, 3.05) is 11.1 Å². The highest BCUT2D eigenvalue weighted by Crippen LogP contribution is 2.26. The van der Waals surface area contributed by atoms with Gasteiger partial charge < -0.3 is 16.0 Å². The summed E-state index contributed by atoms with van der Waals surface area (Å²) in [4.78, 5) is 22.4. The Morgan fingerprint density at radius 1 is 1.35 bits per heavy atom. The van der Waals surface area contributed by atoms with Crippen molar-refractivity contribution >= 4 is 22.3 Å². The predicted molar refractivity (Wildman–Crippen MR) is 75.2 cm³/mol. The maximum Gasteiger partial charge on any atom is 0.258 e. The van der Waals surface area contributed by atoms with Gasteiger partial charge >= 0.3 is 0 Å². The number of fused-ring (bicyclic) bond motifs is 1. The van der Waals surface area contributed by atoms with E-state index in [2.05, 4.69) is 30.5 Å². The Balaban J connectivity index is 2.00. The van der Waals surface area contributed by atoms with E-state index in [1.54, 1.807) is 12.1 Å². The Kier molecular flexibility index (Phi) is 2.82. The molecule has 0 bridgehead atoms. The molecule has 0 radical (unpaired) electrons. The van der Waals surface area contributed by atoms with E-state index in [9.17, 15) is 4.79 Å². The molecule has 5 N–H and O–H groups in total. The number of benzene rings is 1. The van der Waals surface area contributed by atoms with Crippen molar-refractivity contribution in [3.05, 3.63) is 41.0 Å². The zero-order chi connectivity index (χ0) is 14.1. The minimum absolute atomic E-state index is 0.0979. The molecule has 1 aromatic carbocycles. The van der Waals surface area contributed by atoms with Gasteiger partial charge in [0.05, 0.1) is 34.6 Å². The van der Waals surface area contributed by atoms with Crippen LogP contribution in [0.1, 0.15) is 18.8 Å². The molecular weight excluding hydrogens is 258 g/mol. The average Bonchev–Trinajstić information content (AvgIpc) is 2.95. The fourth-order valence-electron chi connectivity index (χ4n) is 1.98. The summed E-state index contributed by atoms with van der Waals surface area (Å²) in [7, 11) is 0. The van der Waals surface area contributed by atoms with E-state index >= 15 is 0 Å². The van der Waals surface area contributed by atoms with Crippen LogP contribution in [-0.4, -0.2) is 25.1 Å². The molecular formula is C12H13N7O. The molecule has 0 saturated carbocycles. The predicted octanol–water partition coefficient (Wildman–Crippen LogP) is 0.796. The highest BCUT2D eigenvalue weighted by atomic mass is 16.1. The Bertz CT molecular complexity index is 793. The summed E-state index contributed by atoms with van der Waals surface area (Å²) >= 11 is 0.